The highest BCUT2D eigenvalue weighted by molar-refractivity contribution is 6.00. The minimum absolute atomic E-state index is 0.0341. The van der Waals surface area contributed by atoms with Gasteiger partial charge in [0.25, 0.3) is 0 Å². The van der Waals surface area contributed by atoms with E-state index in [0.717, 1.165) is 0 Å². The van der Waals surface area contributed by atoms with Gasteiger partial charge >= 0.3 is 11.9 Å². The zero-order valence-corrected chi connectivity index (χ0v) is 31.1. The Morgan fingerprint density at radius 1 is 1.09 bits per heavy atom. The number of nitrogens with one attached hydrogen (secondary N) is 1. The zero-order valence-electron chi connectivity index (χ0n) is 31.1. The number of hydrogen-bond acceptors (Lipinski definition) is 12. The normalized spacial score (nSPS) is 43.6. The first-order chi connectivity index (χ1) is 21.8. The van der Waals surface area contributed by atoms with E-state index in [1.165, 1.54) is 0 Å². The lowest BCUT2D eigenvalue weighted by Crippen LogP contribution is -2.61. The molecule has 0 spiro atoms. The molecular formula is C35H63N3O9. The Balaban J connectivity index is 2.05. The fourth-order valence-electron chi connectivity index (χ4n) is 7.91. The number of nitrogens with zero attached hydrogens (tertiary/aromatic N) is 2. The van der Waals surface area contributed by atoms with Gasteiger partial charge < -0.3 is 43.9 Å². The van der Waals surface area contributed by atoms with Crippen LogP contribution in [0.15, 0.2) is 0 Å². The maximum atomic E-state index is 14.2. The number of rotatable bonds is 7. The summed E-state index contributed by atoms with van der Waals surface area (Å²) in [7, 11) is 9.41. The van der Waals surface area contributed by atoms with Crippen molar-refractivity contribution in [1.82, 2.24) is 15.1 Å². The average molecular weight is 670 g/mol. The number of ether oxygens (including phenoxy) is 5. The van der Waals surface area contributed by atoms with Crippen LogP contribution >= 0.6 is 0 Å². The third kappa shape index (κ3) is 8.56. The van der Waals surface area contributed by atoms with Crippen LogP contribution < -0.4 is 5.32 Å². The predicted molar refractivity (Wildman–Crippen MR) is 178 cm³/mol. The molecular weight excluding hydrogens is 606 g/mol. The van der Waals surface area contributed by atoms with Gasteiger partial charge in [0.2, 0.25) is 0 Å². The van der Waals surface area contributed by atoms with Crippen molar-refractivity contribution >= 4 is 17.7 Å². The molecule has 0 aliphatic carbocycles. The summed E-state index contributed by atoms with van der Waals surface area (Å²) in [6.45, 7) is 15.7. The minimum atomic E-state index is -1.13. The van der Waals surface area contributed by atoms with Gasteiger partial charge in [0.15, 0.2) is 17.7 Å². The molecule has 3 fully saturated rings. The van der Waals surface area contributed by atoms with E-state index in [9.17, 15) is 19.5 Å². The van der Waals surface area contributed by atoms with E-state index < -0.39 is 53.6 Å². The van der Waals surface area contributed by atoms with E-state index in [2.05, 4.69) is 24.1 Å². The standard InChI is InChI=1S/C35H63N3O9/c1-14-27-35(8)24(15-28(39)47-35)22(5)36-18-19(2)17-34(7,43-13)31(20(3)29(40)21(4)32(42)45-27)46-33-30(41)25(38(11)12)16-26(44-33)23(6)37(9)10/h19-27,30-31,33,36,41H,14-18H2,1-13H3/t19-,20+,21?,22-,23+,24-,25?,26+,27-,30-,31-,33+,34-,35+/m1/s1. The molecule has 12 heteroatoms. The molecule has 3 rings (SSSR count). The number of Topliss-reactive ketones (excluding diaryl/α,β-unsaturated/α-hetero) is 1. The number of carbonyl (C=O) groups is 3. The Morgan fingerprint density at radius 3 is 2.28 bits per heavy atom. The summed E-state index contributed by atoms with van der Waals surface area (Å²) in [5.74, 6) is -3.53. The Morgan fingerprint density at radius 2 is 1.72 bits per heavy atom. The van der Waals surface area contributed by atoms with E-state index >= 15 is 0 Å². The van der Waals surface area contributed by atoms with Crippen LogP contribution in [-0.4, -0.2) is 135 Å². The maximum Gasteiger partial charge on any atom is 0.316 e. The number of aliphatic hydroxyl groups is 1. The molecule has 2 unspecified atom stereocenters. The maximum absolute atomic E-state index is 14.2. The van der Waals surface area contributed by atoms with Crippen LogP contribution in [0.2, 0.25) is 0 Å². The van der Waals surface area contributed by atoms with E-state index in [4.69, 9.17) is 23.7 Å². The molecule has 0 amide bonds. The molecule has 0 bridgehead atoms. The molecule has 0 aromatic carbocycles. The molecule has 3 heterocycles. The molecule has 0 saturated carbocycles. The molecule has 0 radical (unpaired) electrons. The third-order valence-electron chi connectivity index (χ3n) is 11.4. The third-order valence-corrected chi connectivity index (χ3v) is 11.4. The van der Waals surface area contributed by atoms with Crippen molar-refractivity contribution in [3.8, 4) is 0 Å². The Kier molecular flexibility index (Phi) is 13.5. The molecule has 2 N–H and O–H groups in total. The van der Waals surface area contributed by atoms with Crippen LogP contribution in [0.1, 0.15) is 81.1 Å². The number of carbonyl (C=O) groups excluding carboxylic acids is 3. The van der Waals surface area contributed by atoms with Crippen LogP contribution in [-0.2, 0) is 38.1 Å². The predicted octanol–water partition coefficient (Wildman–Crippen LogP) is 2.64. The second-order valence-electron chi connectivity index (χ2n) is 15.3. The number of cyclic esters (lactones) is 1. The molecule has 3 aliphatic rings. The topological polar surface area (TPSA) is 136 Å². The molecule has 3 saturated heterocycles. The first-order valence-corrected chi connectivity index (χ1v) is 17.4. The van der Waals surface area contributed by atoms with Gasteiger partial charge in [-0.25, -0.2) is 0 Å². The summed E-state index contributed by atoms with van der Waals surface area (Å²) in [5, 5.41) is 15.2. The number of methoxy groups -OCH3 is 1. The summed E-state index contributed by atoms with van der Waals surface area (Å²) >= 11 is 0. The monoisotopic (exact) mass is 669 g/mol. The Bertz CT molecular complexity index is 1090. The highest BCUT2D eigenvalue weighted by Crippen LogP contribution is 2.42. The van der Waals surface area contributed by atoms with Crippen molar-refractivity contribution in [2.24, 2.45) is 23.7 Å². The Hall–Kier alpha value is -1.67. The van der Waals surface area contributed by atoms with E-state index in [1.54, 1.807) is 21.0 Å². The second kappa shape index (κ2) is 15.9. The van der Waals surface area contributed by atoms with Gasteiger partial charge in [0.1, 0.15) is 18.1 Å². The molecule has 47 heavy (non-hydrogen) atoms. The number of hydrogen-bond donors (Lipinski definition) is 2. The van der Waals surface area contributed by atoms with Gasteiger partial charge in [-0.15, -0.1) is 0 Å². The van der Waals surface area contributed by atoms with E-state index in [1.807, 2.05) is 60.8 Å². The van der Waals surface area contributed by atoms with Gasteiger partial charge in [-0.1, -0.05) is 20.8 Å². The van der Waals surface area contributed by atoms with Crippen LogP contribution in [0, 0.1) is 23.7 Å². The van der Waals surface area contributed by atoms with Crippen LogP contribution in [0.25, 0.3) is 0 Å². The van der Waals surface area contributed by atoms with Crippen LogP contribution in [0.3, 0.4) is 0 Å². The smallest absolute Gasteiger partial charge is 0.316 e. The van der Waals surface area contributed by atoms with Gasteiger partial charge in [-0.05, 0) is 94.5 Å². The fraction of sp³-hybridized carbons (Fsp3) is 0.914. The highest BCUT2D eigenvalue weighted by Gasteiger charge is 2.55. The molecule has 3 aliphatic heterocycles. The lowest BCUT2D eigenvalue weighted by Gasteiger charge is -2.48. The number of fused-ring (bicyclic) bond motifs is 1. The summed E-state index contributed by atoms with van der Waals surface area (Å²) in [6.07, 6.45) is -2.18. The SMILES string of the molecule is CC[C@H]1OC(=O)C(C)C(=O)[C@H](C)[C@@H](O[C@@H]2O[C@H]([C@H](C)N(C)C)CC(N(C)C)[C@H]2O)[C@](C)(OC)C[C@@H](C)CN[C@H](C)[C@H]2CC(=O)O[C@@]21C. The van der Waals surface area contributed by atoms with Gasteiger partial charge in [0, 0.05) is 37.1 Å². The highest BCUT2D eigenvalue weighted by atomic mass is 16.7. The van der Waals surface area contributed by atoms with Crippen LogP contribution in [0.5, 0.6) is 0 Å². The van der Waals surface area contributed by atoms with Crippen molar-refractivity contribution < 1.29 is 43.2 Å². The number of aliphatic hydroxyl groups excluding tert-OH is 1. The van der Waals surface area contributed by atoms with Gasteiger partial charge in [-0.3, -0.25) is 14.4 Å². The van der Waals surface area contributed by atoms with Gasteiger partial charge in [0.05, 0.1) is 24.2 Å². The number of esters is 2. The van der Waals surface area contributed by atoms with Crippen molar-refractivity contribution in [3.63, 3.8) is 0 Å². The van der Waals surface area contributed by atoms with Gasteiger partial charge in [-0.2, -0.15) is 0 Å². The lowest BCUT2D eigenvalue weighted by atomic mass is 9.78. The molecule has 14 atom stereocenters. The molecule has 12 nitrogen and oxygen atoms in total. The fourth-order valence-corrected chi connectivity index (χ4v) is 7.91. The molecule has 272 valence electrons. The Labute approximate surface area is 282 Å². The lowest BCUT2D eigenvalue weighted by molar-refractivity contribution is -0.302. The minimum Gasteiger partial charge on any atom is -0.458 e. The molecule has 0 aromatic rings. The first kappa shape index (κ1) is 39.8. The van der Waals surface area contributed by atoms with E-state index in [0.29, 0.717) is 25.8 Å². The zero-order chi connectivity index (χ0) is 35.6. The number of ketones is 1. The molecule has 0 aromatic heterocycles. The van der Waals surface area contributed by atoms with Crippen molar-refractivity contribution in [3.05, 3.63) is 0 Å². The average Bonchev–Trinajstić information content (AvgIpc) is 3.33. The largest absolute Gasteiger partial charge is 0.458 e. The van der Waals surface area contributed by atoms with Crippen molar-refractivity contribution in [2.75, 3.05) is 41.8 Å². The van der Waals surface area contributed by atoms with Crippen molar-refractivity contribution in [2.45, 2.75) is 141 Å². The summed E-state index contributed by atoms with van der Waals surface area (Å²) < 4.78 is 31.3. The summed E-state index contributed by atoms with van der Waals surface area (Å²) in [4.78, 5) is 44.5. The summed E-state index contributed by atoms with van der Waals surface area (Å²) in [6, 6.07) is -0.343. The van der Waals surface area contributed by atoms with Crippen molar-refractivity contribution in [1.29, 1.82) is 0 Å². The van der Waals surface area contributed by atoms with E-state index in [-0.39, 0.29) is 54.2 Å². The first-order valence-electron chi connectivity index (χ1n) is 17.4. The number of likely N-dealkylation sites (N-methyl/N-ethyl adjacent to an activating group) is 2. The summed E-state index contributed by atoms with van der Waals surface area (Å²) in [5.41, 5.74) is -2.05. The second-order valence-corrected chi connectivity index (χ2v) is 15.3. The quantitative estimate of drug-likeness (QED) is 0.305. The van der Waals surface area contributed by atoms with Crippen LogP contribution in [0.4, 0.5) is 0 Å².